The summed E-state index contributed by atoms with van der Waals surface area (Å²) in [6.45, 7) is 2.84. The molecular formula is C31H37N3O6. The van der Waals surface area contributed by atoms with Crippen LogP contribution in [0.3, 0.4) is 0 Å². The Labute approximate surface area is 235 Å². The second-order valence-corrected chi connectivity index (χ2v) is 9.69. The lowest BCUT2D eigenvalue weighted by molar-refractivity contribution is -0.123. The van der Waals surface area contributed by atoms with Gasteiger partial charge in [0.15, 0.2) is 23.0 Å². The minimum Gasteiger partial charge on any atom is -0.493 e. The Morgan fingerprint density at radius 2 is 1.45 bits per heavy atom. The minimum absolute atomic E-state index is 0.0628. The third kappa shape index (κ3) is 6.84. The zero-order valence-corrected chi connectivity index (χ0v) is 23.7. The van der Waals surface area contributed by atoms with Crippen molar-refractivity contribution in [2.24, 2.45) is 0 Å². The number of benzene rings is 3. The molecule has 1 aliphatic heterocycles. The summed E-state index contributed by atoms with van der Waals surface area (Å²) in [7, 11) is 6.51. The fourth-order valence-electron chi connectivity index (χ4n) is 5.09. The second-order valence-electron chi connectivity index (χ2n) is 9.69. The van der Waals surface area contributed by atoms with Gasteiger partial charge in [-0.15, -0.1) is 0 Å². The van der Waals surface area contributed by atoms with Crippen LogP contribution in [-0.2, 0) is 29.0 Å². The molecule has 1 heterocycles. The molecule has 3 aromatic rings. The van der Waals surface area contributed by atoms with Gasteiger partial charge >= 0.3 is 0 Å². The van der Waals surface area contributed by atoms with Gasteiger partial charge in [-0.2, -0.15) is 0 Å². The molecule has 2 N–H and O–H groups in total. The van der Waals surface area contributed by atoms with E-state index >= 15 is 0 Å². The smallest absolute Gasteiger partial charge is 0.234 e. The summed E-state index contributed by atoms with van der Waals surface area (Å²) in [5.41, 5.74) is 5.03. The summed E-state index contributed by atoms with van der Waals surface area (Å²) in [6, 6.07) is 17.3. The fourth-order valence-corrected chi connectivity index (χ4v) is 5.09. The van der Waals surface area contributed by atoms with Crippen LogP contribution in [0.1, 0.15) is 35.2 Å². The number of rotatable bonds is 11. The van der Waals surface area contributed by atoms with Gasteiger partial charge in [-0.3, -0.25) is 14.5 Å². The molecule has 212 valence electrons. The summed E-state index contributed by atoms with van der Waals surface area (Å²) < 4.78 is 22.1. The fraction of sp³-hybridized carbons (Fsp3) is 0.355. The maximum Gasteiger partial charge on any atom is 0.234 e. The number of carbonyl (C=O) groups is 2. The molecule has 0 aromatic heterocycles. The van der Waals surface area contributed by atoms with E-state index in [4.69, 9.17) is 18.9 Å². The Kier molecular flexibility index (Phi) is 9.50. The second kappa shape index (κ2) is 13.2. The molecule has 0 saturated heterocycles. The number of fused-ring (bicyclic) bond motifs is 1. The Hall–Kier alpha value is -4.24. The topological polar surface area (TPSA) is 98.4 Å². The molecule has 9 heteroatoms. The average Bonchev–Trinajstić information content (AvgIpc) is 2.96. The third-order valence-electron chi connectivity index (χ3n) is 7.10. The van der Waals surface area contributed by atoms with E-state index in [0.29, 0.717) is 36.0 Å². The summed E-state index contributed by atoms with van der Waals surface area (Å²) in [5, 5.41) is 5.79. The first-order valence-electron chi connectivity index (χ1n) is 13.2. The SMILES string of the molecule is COc1ccc(CC2c3cc(OC)c(OC)cc3CCN2CC(=O)NCc2ccc(NC(C)=O)cc2)cc1OC. The van der Waals surface area contributed by atoms with Crippen LogP contribution in [0.5, 0.6) is 23.0 Å². The third-order valence-corrected chi connectivity index (χ3v) is 7.10. The Balaban J connectivity index is 1.54. The summed E-state index contributed by atoms with van der Waals surface area (Å²) in [5.74, 6) is 2.50. The highest BCUT2D eigenvalue weighted by molar-refractivity contribution is 5.88. The van der Waals surface area contributed by atoms with Gasteiger partial charge in [0.2, 0.25) is 11.8 Å². The average molecular weight is 548 g/mol. The molecule has 1 aliphatic rings. The van der Waals surface area contributed by atoms with Crippen LogP contribution in [-0.4, -0.2) is 58.2 Å². The van der Waals surface area contributed by atoms with E-state index in [9.17, 15) is 9.59 Å². The number of anilines is 1. The molecule has 40 heavy (non-hydrogen) atoms. The molecule has 0 radical (unpaired) electrons. The van der Waals surface area contributed by atoms with Gasteiger partial charge < -0.3 is 29.6 Å². The van der Waals surface area contributed by atoms with Crippen LogP contribution in [0, 0.1) is 0 Å². The van der Waals surface area contributed by atoms with Crippen LogP contribution in [0.15, 0.2) is 54.6 Å². The summed E-state index contributed by atoms with van der Waals surface area (Å²) in [4.78, 5) is 26.6. The molecule has 0 bridgehead atoms. The number of ether oxygens (including phenoxy) is 4. The maximum atomic E-state index is 13.1. The normalized spacial score (nSPS) is 14.6. The van der Waals surface area contributed by atoms with Gasteiger partial charge in [0.1, 0.15) is 0 Å². The van der Waals surface area contributed by atoms with Crippen molar-refractivity contribution in [1.29, 1.82) is 0 Å². The van der Waals surface area contributed by atoms with Crippen molar-refractivity contribution in [2.75, 3.05) is 46.8 Å². The van der Waals surface area contributed by atoms with E-state index in [1.165, 1.54) is 12.5 Å². The van der Waals surface area contributed by atoms with Crippen LogP contribution in [0.25, 0.3) is 0 Å². The van der Waals surface area contributed by atoms with Crippen molar-refractivity contribution >= 4 is 17.5 Å². The quantitative estimate of drug-likeness (QED) is 0.372. The molecule has 3 aromatic carbocycles. The predicted octanol–water partition coefficient (Wildman–Crippen LogP) is 4.14. The number of amides is 2. The van der Waals surface area contributed by atoms with Gasteiger partial charge in [-0.1, -0.05) is 18.2 Å². The van der Waals surface area contributed by atoms with Gasteiger partial charge in [0, 0.05) is 31.7 Å². The highest BCUT2D eigenvalue weighted by Crippen LogP contribution is 2.40. The minimum atomic E-state index is -0.122. The van der Waals surface area contributed by atoms with E-state index in [0.717, 1.165) is 35.3 Å². The first-order chi connectivity index (χ1) is 19.3. The molecule has 0 aliphatic carbocycles. The molecule has 1 unspecified atom stereocenters. The zero-order valence-electron chi connectivity index (χ0n) is 23.7. The monoisotopic (exact) mass is 547 g/mol. The van der Waals surface area contributed by atoms with Crippen LogP contribution >= 0.6 is 0 Å². The lowest BCUT2D eigenvalue weighted by Crippen LogP contribution is -2.43. The van der Waals surface area contributed by atoms with Crippen molar-refractivity contribution in [3.8, 4) is 23.0 Å². The van der Waals surface area contributed by atoms with E-state index < -0.39 is 0 Å². The van der Waals surface area contributed by atoms with E-state index in [1.54, 1.807) is 28.4 Å². The van der Waals surface area contributed by atoms with Gasteiger partial charge in [0.25, 0.3) is 0 Å². The van der Waals surface area contributed by atoms with Crippen molar-refractivity contribution in [3.05, 3.63) is 76.9 Å². The molecule has 0 spiro atoms. The number of hydrogen-bond donors (Lipinski definition) is 2. The molecule has 0 fully saturated rings. The first kappa shape index (κ1) is 28.8. The first-order valence-corrected chi connectivity index (χ1v) is 13.2. The molecule has 2 amide bonds. The molecular weight excluding hydrogens is 510 g/mol. The number of nitrogens with one attached hydrogen (secondary N) is 2. The van der Waals surface area contributed by atoms with E-state index in [-0.39, 0.29) is 24.4 Å². The van der Waals surface area contributed by atoms with Crippen molar-refractivity contribution in [1.82, 2.24) is 10.2 Å². The van der Waals surface area contributed by atoms with Crippen LogP contribution < -0.4 is 29.6 Å². The number of hydrogen-bond acceptors (Lipinski definition) is 7. The number of methoxy groups -OCH3 is 4. The largest absolute Gasteiger partial charge is 0.493 e. The molecule has 9 nitrogen and oxygen atoms in total. The Bertz CT molecular complexity index is 1340. The molecule has 1 atom stereocenters. The van der Waals surface area contributed by atoms with Crippen LogP contribution in [0.2, 0.25) is 0 Å². The Morgan fingerprint density at radius 3 is 2.10 bits per heavy atom. The van der Waals surface area contributed by atoms with E-state index in [2.05, 4.69) is 15.5 Å². The number of carbonyl (C=O) groups excluding carboxylic acids is 2. The van der Waals surface area contributed by atoms with E-state index in [1.807, 2.05) is 54.6 Å². The number of nitrogens with zero attached hydrogens (tertiary/aromatic N) is 1. The van der Waals surface area contributed by atoms with Crippen LogP contribution in [0.4, 0.5) is 5.69 Å². The highest BCUT2D eigenvalue weighted by atomic mass is 16.5. The van der Waals surface area contributed by atoms with Crippen molar-refractivity contribution in [2.45, 2.75) is 32.4 Å². The highest BCUT2D eigenvalue weighted by Gasteiger charge is 2.31. The summed E-state index contributed by atoms with van der Waals surface area (Å²) in [6.07, 6.45) is 1.46. The maximum absolute atomic E-state index is 13.1. The zero-order chi connectivity index (χ0) is 28.6. The summed E-state index contributed by atoms with van der Waals surface area (Å²) >= 11 is 0. The Morgan fingerprint density at radius 1 is 0.825 bits per heavy atom. The molecule has 4 rings (SSSR count). The lowest BCUT2D eigenvalue weighted by Gasteiger charge is -2.37. The van der Waals surface area contributed by atoms with Gasteiger partial charge in [0.05, 0.1) is 35.0 Å². The van der Waals surface area contributed by atoms with Gasteiger partial charge in [-0.05, 0) is 71.5 Å². The predicted molar refractivity (Wildman–Crippen MR) is 153 cm³/mol. The van der Waals surface area contributed by atoms with Crippen molar-refractivity contribution in [3.63, 3.8) is 0 Å². The van der Waals surface area contributed by atoms with Gasteiger partial charge in [-0.25, -0.2) is 0 Å². The lowest BCUT2D eigenvalue weighted by atomic mass is 9.88. The molecule has 0 saturated carbocycles. The van der Waals surface area contributed by atoms with Crippen molar-refractivity contribution < 1.29 is 28.5 Å². The standard InChI is InChI=1S/C31H37N3O6/c1-20(35)33-24-9-6-21(7-10-24)18-32-31(36)19-34-13-12-23-16-29(39-4)30(40-5)17-25(23)26(34)14-22-8-11-27(37-2)28(15-22)38-3/h6-11,15-17,26H,12-14,18-19H2,1-5H3,(H,32,36)(H,33,35).